The Balaban J connectivity index is 2.95. The number of aliphatic carboxylic acids is 1. The van der Waals surface area contributed by atoms with E-state index in [1.165, 1.54) is 4.90 Å². The van der Waals surface area contributed by atoms with Crippen LogP contribution in [-0.2, 0) is 9.59 Å². The summed E-state index contributed by atoms with van der Waals surface area (Å²) in [6.07, 6.45) is 0. The summed E-state index contributed by atoms with van der Waals surface area (Å²) in [4.78, 5) is 25.0. The maximum absolute atomic E-state index is 12.6. The molecular weight excluding hydrogens is 268 g/mol. The van der Waals surface area contributed by atoms with Gasteiger partial charge in [-0.3, -0.25) is 9.59 Å². The molecule has 0 spiro atoms. The van der Waals surface area contributed by atoms with Crippen molar-refractivity contribution in [3.8, 4) is 0 Å². The molecule has 1 aromatic rings. The summed E-state index contributed by atoms with van der Waals surface area (Å²) in [6.45, 7) is 6.85. The lowest BCUT2D eigenvalue weighted by Gasteiger charge is -2.37. The molecule has 0 fully saturated rings. The number of nitrogens with zero attached hydrogens (tertiary/aromatic N) is 1. The fraction of sp³-hybridized carbons (Fsp3) is 0.500. The molecule has 5 nitrogen and oxygen atoms in total. The van der Waals surface area contributed by atoms with Crippen LogP contribution in [0.15, 0.2) is 30.3 Å². The topological polar surface area (TPSA) is 83.6 Å². The molecule has 0 aromatic heterocycles. The summed E-state index contributed by atoms with van der Waals surface area (Å²) in [6, 6.07) is 8.89. The highest BCUT2D eigenvalue weighted by Gasteiger charge is 2.34. The number of hydrogen-bond donors (Lipinski definition) is 2. The van der Waals surface area contributed by atoms with E-state index in [1.807, 2.05) is 51.1 Å². The van der Waals surface area contributed by atoms with E-state index < -0.39 is 23.5 Å². The molecule has 116 valence electrons. The molecule has 1 amide bonds. The van der Waals surface area contributed by atoms with Gasteiger partial charge >= 0.3 is 5.97 Å². The van der Waals surface area contributed by atoms with E-state index in [2.05, 4.69) is 0 Å². The number of carboxylic acids is 1. The Hall–Kier alpha value is -1.88. The van der Waals surface area contributed by atoms with Crippen molar-refractivity contribution >= 4 is 11.9 Å². The van der Waals surface area contributed by atoms with Crippen LogP contribution in [0.2, 0.25) is 0 Å². The average molecular weight is 292 g/mol. The fourth-order valence-electron chi connectivity index (χ4n) is 2.14. The van der Waals surface area contributed by atoms with Gasteiger partial charge in [0.05, 0.1) is 5.92 Å². The van der Waals surface area contributed by atoms with E-state index in [0.717, 1.165) is 5.56 Å². The van der Waals surface area contributed by atoms with Crippen molar-refractivity contribution in [2.75, 3.05) is 6.54 Å². The number of carboxylic acid groups (broad SMARTS) is 1. The van der Waals surface area contributed by atoms with Gasteiger partial charge in [-0.05, 0) is 26.3 Å². The third kappa shape index (κ3) is 4.56. The van der Waals surface area contributed by atoms with Crippen LogP contribution in [0.5, 0.6) is 0 Å². The number of benzene rings is 1. The van der Waals surface area contributed by atoms with Crippen molar-refractivity contribution in [1.82, 2.24) is 4.90 Å². The number of hydrogen-bond acceptors (Lipinski definition) is 3. The van der Waals surface area contributed by atoms with E-state index in [9.17, 15) is 9.59 Å². The van der Waals surface area contributed by atoms with Crippen LogP contribution in [0, 0.1) is 5.92 Å². The second-order valence-corrected chi connectivity index (χ2v) is 6.21. The van der Waals surface area contributed by atoms with Crippen molar-refractivity contribution in [3.63, 3.8) is 0 Å². The van der Waals surface area contributed by atoms with Crippen LogP contribution in [0.1, 0.15) is 39.3 Å². The fourth-order valence-corrected chi connectivity index (χ4v) is 2.14. The zero-order chi connectivity index (χ0) is 16.2. The van der Waals surface area contributed by atoms with E-state index in [1.54, 1.807) is 6.92 Å². The Kier molecular flexibility index (Phi) is 5.49. The van der Waals surface area contributed by atoms with E-state index in [-0.39, 0.29) is 12.5 Å². The standard InChI is InChI=1S/C16H24N2O3/c1-11(14(17)12-8-6-5-7-9-12)15(21)18(10-13(19)20)16(2,3)4/h5-9,11,14H,10,17H2,1-4H3,(H,19,20). The molecule has 0 bridgehead atoms. The van der Waals surface area contributed by atoms with Crippen molar-refractivity contribution in [3.05, 3.63) is 35.9 Å². The molecule has 21 heavy (non-hydrogen) atoms. The average Bonchev–Trinajstić information content (AvgIpc) is 2.42. The van der Waals surface area contributed by atoms with Gasteiger partial charge in [0, 0.05) is 11.6 Å². The number of carbonyl (C=O) groups excluding carboxylic acids is 1. The predicted molar refractivity (Wildman–Crippen MR) is 81.6 cm³/mol. The minimum Gasteiger partial charge on any atom is -0.480 e. The van der Waals surface area contributed by atoms with Crippen LogP contribution < -0.4 is 5.73 Å². The highest BCUT2D eigenvalue weighted by molar-refractivity contribution is 5.84. The van der Waals surface area contributed by atoms with Gasteiger partial charge in [0.1, 0.15) is 6.54 Å². The van der Waals surface area contributed by atoms with Gasteiger partial charge in [0.15, 0.2) is 0 Å². The monoisotopic (exact) mass is 292 g/mol. The lowest BCUT2D eigenvalue weighted by atomic mass is 9.92. The third-order valence-corrected chi connectivity index (χ3v) is 3.48. The first-order chi connectivity index (χ1) is 9.64. The molecule has 0 saturated carbocycles. The van der Waals surface area contributed by atoms with Gasteiger partial charge in [0.25, 0.3) is 0 Å². The van der Waals surface area contributed by atoms with E-state index in [0.29, 0.717) is 0 Å². The molecule has 0 radical (unpaired) electrons. The molecular formula is C16H24N2O3. The molecule has 1 aromatic carbocycles. The second-order valence-electron chi connectivity index (χ2n) is 6.21. The number of nitrogens with two attached hydrogens (primary N) is 1. The first-order valence-electron chi connectivity index (χ1n) is 6.98. The van der Waals surface area contributed by atoms with Crippen LogP contribution in [0.3, 0.4) is 0 Å². The summed E-state index contributed by atoms with van der Waals surface area (Å²) in [5.41, 5.74) is 6.45. The molecule has 5 heteroatoms. The molecule has 0 heterocycles. The molecule has 0 saturated heterocycles. The zero-order valence-electron chi connectivity index (χ0n) is 13.0. The summed E-state index contributed by atoms with van der Waals surface area (Å²) in [7, 11) is 0. The molecule has 1 rings (SSSR count). The molecule has 0 aliphatic rings. The Morgan fingerprint density at radius 3 is 2.19 bits per heavy atom. The minimum absolute atomic E-state index is 0.249. The van der Waals surface area contributed by atoms with Crippen LogP contribution in [-0.4, -0.2) is 34.0 Å². The van der Waals surface area contributed by atoms with Gasteiger partial charge in [-0.25, -0.2) is 0 Å². The molecule has 0 aliphatic heterocycles. The zero-order valence-corrected chi connectivity index (χ0v) is 13.0. The second kappa shape index (κ2) is 6.72. The lowest BCUT2D eigenvalue weighted by molar-refractivity contribution is -0.150. The summed E-state index contributed by atoms with van der Waals surface area (Å²) < 4.78 is 0. The van der Waals surface area contributed by atoms with Crippen LogP contribution >= 0.6 is 0 Å². The Bertz CT molecular complexity index is 494. The van der Waals surface area contributed by atoms with Crippen LogP contribution in [0.25, 0.3) is 0 Å². The van der Waals surface area contributed by atoms with Crippen molar-refractivity contribution < 1.29 is 14.7 Å². The van der Waals surface area contributed by atoms with Gasteiger partial charge in [0.2, 0.25) is 5.91 Å². The van der Waals surface area contributed by atoms with Gasteiger partial charge in [-0.1, -0.05) is 37.3 Å². The first-order valence-corrected chi connectivity index (χ1v) is 6.98. The number of carbonyl (C=O) groups is 2. The molecule has 3 N–H and O–H groups in total. The molecule has 2 unspecified atom stereocenters. The number of amides is 1. The third-order valence-electron chi connectivity index (χ3n) is 3.48. The van der Waals surface area contributed by atoms with E-state index in [4.69, 9.17) is 10.8 Å². The normalized spacial score (nSPS) is 14.3. The lowest BCUT2D eigenvalue weighted by Crippen LogP contribution is -2.51. The Morgan fingerprint density at radius 2 is 1.76 bits per heavy atom. The van der Waals surface area contributed by atoms with Gasteiger partial charge in [-0.15, -0.1) is 0 Å². The van der Waals surface area contributed by atoms with Crippen LogP contribution in [0.4, 0.5) is 0 Å². The molecule has 2 atom stereocenters. The molecule has 0 aliphatic carbocycles. The summed E-state index contributed by atoms with van der Waals surface area (Å²) in [5.74, 6) is -1.77. The van der Waals surface area contributed by atoms with Crippen molar-refractivity contribution in [2.24, 2.45) is 11.7 Å². The first kappa shape index (κ1) is 17.2. The van der Waals surface area contributed by atoms with E-state index >= 15 is 0 Å². The van der Waals surface area contributed by atoms with Gasteiger partial charge < -0.3 is 15.7 Å². The largest absolute Gasteiger partial charge is 0.480 e. The maximum Gasteiger partial charge on any atom is 0.323 e. The van der Waals surface area contributed by atoms with Crippen molar-refractivity contribution in [2.45, 2.75) is 39.3 Å². The predicted octanol–water partition coefficient (Wildman–Crippen LogP) is 2.03. The number of rotatable bonds is 5. The Morgan fingerprint density at radius 1 is 1.24 bits per heavy atom. The highest BCUT2D eigenvalue weighted by Crippen LogP contribution is 2.24. The minimum atomic E-state index is -1.03. The SMILES string of the molecule is CC(C(=O)N(CC(=O)O)C(C)(C)C)C(N)c1ccccc1. The quantitative estimate of drug-likeness (QED) is 0.869. The van der Waals surface area contributed by atoms with Gasteiger partial charge in [-0.2, -0.15) is 0 Å². The Labute approximate surface area is 125 Å². The van der Waals surface area contributed by atoms with Crippen molar-refractivity contribution in [1.29, 1.82) is 0 Å². The summed E-state index contributed by atoms with van der Waals surface area (Å²) >= 11 is 0. The maximum atomic E-state index is 12.6. The highest BCUT2D eigenvalue weighted by atomic mass is 16.4. The summed E-state index contributed by atoms with van der Waals surface area (Å²) in [5, 5.41) is 9.01. The smallest absolute Gasteiger partial charge is 0.323 e.